The van der Waals surface area contributed by atoms with E-state index in [9.17, 15) is 18.4 Å². The van der Waals surface area contributed by atoms with E-state index in [4.69, 9.17) is 0 Å². The number of methoxy groups -OCH3 is 1. The predicted octanol–water partition coefficient (Wildman–Crippen LogP) is 4.14. The van der Waals surface area contributed by atoms with Gasteiger partial charge in [-0.05, 0) is 48.5 Å². The molecule has 0 unspecified atom stereocenters. The number of benzene rings is 2. The maximum Gasteiger partial charge on any atom is 0.337 e. The third-order valence-electron chi connectivity index (χ3n) is 3.76. The molecule has 28 heavy (non-hydrogen) atoms. The minimum atomic E-state index is -1.10. The number of anilines is 3. The second-order valence-electron chi connectivity index (χ2n) is 5.71. The van der Waals surface area contributed by atoms with E-state index in [1.807, 2.05) is 0 Å². The minimum absolute atomic E-state index is 0.0132. The molecule has 2 N–H and O–H groups in total. The molecule has 8 heteroatoms. The van der Waals surface area contributed by atoms with E-state index < -0.39 is 23.5 Å². The highest BCUT2D eigenvalue weighted by atomic mass is 19.2. The van der Waals surface area contributed by atoms with Crippen molar-refractivity contribution in [2.24, 2.45) is 0 Å². The van der Waals surface area contributed by atoms with Crippen LogP contribution in [-0.4, -0.2) is 24.0 Å². The highest BCUT2D eigenvalue weighted by Crippen LogP contribution is 2.18. The monoisotopic (exact) mass is 383 g/mol. The van der Waals surface area contributed by atoms with Crippen molar-refractivity contribution in [2.45, 2.75) is 0 Å². The molecular weight excluding hydrogens is 368 g/mol. The van der Waals surface area contributed by atoms with E-state index >= 15 is 0 Å². The van der Waals surface area contributed by atoms with Crippen LogP contribution in [-0.2, 0) is 4.74 Å². The molecular formula is C20H15F2N3O3. The Balaban J connectivity index is 1.67. The smallest absolute Gasteiger partial charge is 0.337 e. The molecule has 0 aliphatic carbocycles. The van der Waals surface area contributed by atoms with Crippen LogP contribution in [0.15, 0.2) is 60.8 Å². The first kappa shape index (κ1) is 19.0. The van der Waals surface area contributed by atoms with Crippen LogP contribution in [0.2, 0.25) is 0 Å². The van der Waals surface area contributed by atoms with Gasteiger partial charge in [-0.15, -0.1) is 0 Å². The van der Waals surface area contributed by atoms with Gasteiger partial charge in [-0.1, -0.05) is 6.07 Å². The number of esters is 1. The van der Waals surface area contributed by atoms with Gasteiger partial charge in [0, 0.05) is 11.3 Å². The number of nitrogens with zero attached hydrogens (tertiary/aromatic N) is 1. The topological polar surface area (TPSA) is 80.3 Å². The molecule has 3 aromatic rings. The van der Waals surface area contributed by atoms with E-state index in [1.165, 1.54) is 19.4 Å². The average Bonchev–Trinajstić information content (AvgIpc) is 2.71. The molecule has 1 amide bonds. The van der Waals surface area contributed by atoms with Crippen LogP contribution in [0.1, 0.15) is 20.7 Å². The number of halogens is 2. The average molecular weight is 383 g/mol. The zero-order valence-electron chi connectivity index (χ0n) is 14.7. The molecule has 3 rings (SSSR count). The first-order valence-electron chi connectivity index (χ1n) is 8.14. The molecule has 0 aliphatic rings. The summed E-state index contributed by atoms with van der Waals surface area (Å²) in [6, 6.07) is 12.8. The van der Waals surface area contributed by atoms with Crippen LogP contribution >= 0.6 is 0 Å². The summed E-state index contributed by atoms with van der Waals surface area (Å²) in [7, 11) is 1.30. The quantitative estimate of drug-likeness (QED) is 0.647. The number of amides is 1. The number of aromatic nitrogens is 1. The maximum atomic E-state index is 13.2. The number of hydrogen-bond donors (Lipinski definition) is 2. The fraction of sp³-hybridized carbons (Fsp3) is 0.0500. The Morgan fingerprint density at radius 1 is 0.929 bits per heavy atom. The van der Waals surface area contributed by atoms with Crippen LogP contribution in [0, 0.1) is 11.6 Å². The predicted molar refractivity (Wildman–Crippen MR) is 99.6 cm³/mol. The summed E-state index contributed by atoms with van der Waals surface area (Å²) in [5, 5.41) is 5.57. The Bertz CT molecular complexity index is 1020. The fourth-order valence-corrected chi connectivity index (χ4v) is 2.37. The van der Waals surface area contributed by atoms with Crippen molar-refractivity contribution < 1.29 is 23.1 Å². The number of rotatable bonds is 5. The Hall–Kier alpha value is -3.81. The van der Waals surface area contributed by atoms with Crippen LogP contribution in [0.25, 0.3) is 0 Å². The van der Waals surface area contributed by atoms with E-state index in [2.05, 4.69) is 20.4 Å². The summed E-state index contributed by atoms with van der Waals surface area (Å²) in [6.07, 6.45) is 1.41. The summed E-state index contributed by atoms with van der Waals surface area (Å²) in [6.45, 7) is 0. The first-order chi connectivity index (χ1) is 13.5. The number of pyridine rings is 1. The standard InChI is InChI=1S/C20H15F2N3O3/c1-28-20(27)13-3-2-4-14(9-13)24-18-8-6-15(11-23-18)25-19(26)12-5-7-16(21)17(22)10-12/h2-11H,1H3,(H,23,24)(H,25,26). The Morgan fingerprint density at radius 3 is 2.43 bits per heavy atom. The lowest BCUT2D eigenvalue weighted by molar-refractivity contribution is 0.0600. The molecule has 0 aliphatic heterocycles. The van der Waals surface area contributed by atoms with Gasteiger partial charge in [-0.25, -0.2) is 18.6 Å². The molecule has 6 nitrogen and oxygen atoms in total. The summed E-state index contributed by atoms with van der Waals surface area (Å²) in [5.41, 5.74) is 1.39. The first-order valence-corrected chi connectivity index (χ1v) is 8.14. The highest BCUT2D eigenvalue weighted by molar-refractivity contribution is 6.04. The third kappa shape index (κ3) is 4.47. The zero-order valence-corrected chi connectivity index (χ0v) is 14.7. The van der Waals surface area contributed by atoms with Gasteiger partial charge >= 0.3 is 5.97 Å². The van der Waals surface area contributed by atoms with Crippen molar-refractivity contribution in [3.63, 3.8) is 0 Å². The van der Waals surface area contributed by atoms with Crippen molar-refractivity contribution in [3.8, 4) is 0 Å². The van der Waals surface area contributed by atoms with Crippen molar-refractivity contribution in [1.29, 1.82) is 0 Å². The SMILES string of the molecule is COC(=O)c1cccc(Nc2ccc(NC(=O)c3ccc(F)c(F)c3)cn2)c1. The third-order valence-corrected chi connectivity index (χ3v) is 3.76. The summed E-state index contributed by atoms with van der Waals surface area (Å²) >= 11 is 0. The van der Waals surface area contributed by atoms with Crippen LogP contribution in [0.3, 0.4) is 0 Å². The van der Waals surface area contributed by atoms with E-state index in [0.29, 0.717) is 22.8 Å². The number of ether oxygens (including phenoxy) is 1. The van der Waals surface area contributed by atoms with Gasteiger partial charge in [0.15, 0.2) is 11.6 Å². The Labute approximate surface area is 159 Å². The molecule has 2 aromatic carbocycles. The highest BCUT2D eigenvalue weighted by Gasteiger charge is 2.10. The molecule has 0 fully saturated rings. The summed E-state index contributed by atoms with van der Waals surface area (Å²) < 4.78 is 30.9. The van der Waals surface area contributed by atoms with Gasteiger partial charge in [-0.3, -0.25) is 4.79 Å². The van der Waals surface area contributed by atoms with Crippen LogP contribution in [0.5, 0.6) is 0 Å². The number of hydrogen-bond acceptors (Lipinski definition) is 5. The second kappa shape index (κ2) is 8.26. The number of carbonyl (C=O) groups excluding carboxylic acids is 2. The lowest BCUT2D eigenvalue weighted by Crippen LogP contribution is -2.12. The molecule has 1 heterocycles. The molecule has 0 saturated carbocycles. The maximum absolute atomic E-state index is 13.2. The van der Waals surface area contributed by atoms with Crippen molar-refractivity contribution >= 4 is 29.1 Å². The molecule has 0 bridgehead atoms. The van der Waals surface area contributed by atoms with Gasteiger partial charge in [0.05, 0.1) is 24.6 Å². The molecule has 0 saturated heterocycles. The van der Waals surface area contributed by atoms with E-state index in [0.717, 1.165) is 12.1 Å². The molecule has 142 valence electrons. The lowest BCUT2D eigenvalue weighted by atomic mass is 10.2. The van der Waals surface area contributed by atoms with Gasteiger partial charge < -0.3 is 15.4 Å². The lowest BCUT2D eigenvalue weighted by Gasteiger charge is -2.09. The summed E-state index contributed by atoms with van der Waals surface area (Å²) in [4.78, 5) is 27.8. The zero-order chi connectivity index (χ0) is 20.1. The largest absolute Gasteiger partial charge is 0.465 e. The molecule has 0 spiro atoms. The van der Waals surface area contributed by atoms with Gasteiger partial charge in [0.1, 0.15) is 5.82 Å². The molecule has 0 atom stereocenters. The Morgan fingerprint density at radius 2 is 1.75 bits per heavy atom. The number of carbonyl (C=O) groups is 2. The van der Waals surface area contributed by atoms with Gasteiger partial charge in [0.25, 0.3) is 5.91 Å². The molecule has 0 radical (unpaired) electrons. The fourth-order valence-electron chi connectivity index (χ4n) is 2.37. The van der Waals surface area contributed by atoms with Gasteiger partial charge in [-0.2, -0.15) is 0 Å². The van der Waals surface area contributed by atoms with Crippen molar-refractivity contribution in [3.05, 3.63) is 83.6 Å². The van der Waals surface area contributed by atoms with Crippen LogP contribution < -0.4 is 10.6 Å². The summed E-state index contributed by atoms with van der Waals surface area (Å²) in [5.74, 6) is -2.68. The van der Waals surface area contributed by atoms with Crippen LogP contribution in [0.4, 0.5) is 26.0 Å². The Kier molecular flexibility index (Phi) is 5.59. The van der Waals surface area contributed by atoms with E-state index in [-0.39, 0.29) is 5.56 Å². The minimum Gasteiger partial charge on any atom is -0.465 e. The van der Waals surface area contributed by atoms with E-state index in [1.54, 1.807) is 36.4 Å². The normalized spacial score (nSPS) is 10.2. The second-order valence-corrected chi connectivity index (χ2v) is 5.71. The number of nitrogens with one attached hydrogen (secondary N) is 2. The van der Waals surface area contributed by atoms with Gasteiger partial charge in [0.2, 0.25) is 0 Å². The van der Waals surface area contributed by atoms with Crippen molar-refractivity contribution in [1.82, 2.24) is 4.98 Å². The molecule has 1 aromatic heterocycles. The van der Waals surface area contributed by atoms with Crippen molar-refractivity contribution in [2.75, 3.05) is 17.7 Å².